The number of para-hydroxylation sites is 1. The van der Waals surface area contributed by atoms with E-state index in [1.807, 2.05) is 29.2 Å². The van der Waals surface area contributed by atoms with Gasteiger partial charge in [-0.3, -0.25) is 9.69 Å². The predicted octanol–water partition coefficient (Wildman–Crippen LogP) is 5.38. The van der Waals surface area contributed by atoms with E-state index in [1.54, 1.807) is 0 Å². The SMILES string of the molecule is CCN(CC1CC2CCC(C1)N2Cc1cccc(C)c1)C(=O)c1cc2ccccc2[nH]1. The number of H-pyrrole nitrogens is 1. The first-order valence-electron chi connectivity index (χ1n) is 11.8. The largest absolute Gasteiger partial charge is 0.351 e. The fraction of sp³-hybridized carbons (Fsp3) is 0.444. The molecule has 2 atom stereocenters. The van der Waals surface area contributed by atoms with E-state index in [-0.39, 0.29) is 5.91 Å². The normalized spacial score (nSPS) is 23.4. The molecule has 0 saturated carbocycles. The first-order chi connectivity index (χ1) is 15.1. The van der Waals surface area contributed by atoms with E-state index in [2.05, 4.69) is 54.1 Å². The Bertz CT molecular complexity index is 1020. The molecule has 0 spiro atoms. The van der Waals surface area contributed by atoms with Crippen LogP contribution in [-0.4, -0.2) is 45.9 Å². The Morgan fingerprint density at radius 1 is 1.06 bits per heavy atom. The zero-order valence-corrected chi connectivity index (χ0v) is 18.7. The molecule has 3 aromatic rings. The summed E-state index contributed by atoms with van der Waals surface area (Å²) in [6.07, 6.45) is 5.02. The van der Waals surface area contributed by atoms with Gasteiger partial charge in [-0.05, 0) is 63.1 Å². The van der Waals surface area contributed by atoms with Crippen LogP contribution in [0.2, 0.25) is 0 Å². The van der Waals surface area contributed by atoms with Crippen molar-refractivity contribution in [1.29, 1.82) is 0 Å². The number of benzene rings is 2. The van der Waals surface area contributed by atoms with Crippen molar-refractivity contribution < 1.29 is 4.79 Å². The number of aromatic amines is 1. The number of piperidine rings is 1. The van der Waals surface area contributed by atoms with Crippen LogP contribution in [0.15, 0.2) is 54.6 Å². The Balaban J connectivity index is 1.24. The Kier molecular flexibility index (Phi) is 5.58. The van der Waals surface area contributed by atoms with E-state index in [0.717, 1.165) is 30.5 Å². The number of rotatable bonds is 6. The third kappa shape index (κ3) is 4.14. The van der Waals surface area contributed by atoms with Crippen LogP contribution < -0.4 is 0 Å². The van der Waals surface area contributed by atoms with E-state index >= 15 is 0 Å². The van der Waals surface area contributed by atoms with Gasteiger partial charge in [0.2, 0.25) is 0 Å². The summed E-state index contributed by atoms with van der Waals surface area (Å²) in [6, 6.07) is 20.4. The minimum Gasteiger partial charge on any atom is -0.351 e. The monoisotopic (exact) mass is 415 g/mol. The van der Waals surface area contributed by atoms with Crippen LogP contribution in [0, 0.1) is 12.8 Å². The first kappa shape index (κ1) is 20.3. The number of aromatic nitrogens is 1. The molecule has 2 saturated heterocycles. The Morgan fingerprint density at radius 2 is 1.84 bits per heavy atom. The highest BCUT2D eigenvalue weighted by atomic mass is 16.2. The van der Waals surface area contributed by atoms with Crippen molar-refractivity contribution in [2.75, 3.05) is 13.1 Å². The molecule has 2 aromatic carbocycles. The number of hydrogen-bond acceptors (Lipinski definition) is 2. The van der Waals surface area contributed by atoms with Gasteiger partial charge in [0.15, 0.2) is 0 Å². The van der Waals surface area contributed by atoms with Gasteiger partial charge in [0.05, 0.1) is 0 Å². The van der Waals surface area contributed by atoms with Gasteiger partial charge in [0.1, 0.15) is 5.69 Å². The average molecular weight is 416 g/mol. The number of hydrogen-bond donors (Lipinski definition) is 1. The third-order valence-corrected chi connectivity index (χ3v) is 7.34. The molecule has 4 heteroatoms. The topological polar surface area (TPSA) is 39.3 Å². The van der Waals surface area contributed by atoms with Crippen LogP contribution in [0.25, 0.3) is 10.9 Å². The molecular weight excluding hydrogens is 382 g/mol. The number of nitrogens with zero attached hydrogens (tertiary/aromatic N) is 2. The van der Waals surface area contributed by atoms with E-state index < -0.39 is 0 Å². The Labute approximate surface area is 185 Å². The van der Waals surface area contributed by atoms with Crippen molar-refractivity contribution in [1.82, 2.24) is 14.8 Å². The van der Waals surface area contributed by atoms with Gasteiger partial charge in [0.25, 0.3) is 5.91 Å². The molecule has 2 bridgehead atoms. The number of aryl methyl sites for hydroxylation is 1. The molecule has 3 heterocycles. The van der Waals surface area contributed by atoms with Gasteiger partial charge in [-0.2, -0.15) is 0 Å². The maximum atomic E-state index is 13.2. The van der Waals surface area contributed by atoms with Crippen LogP contribution in [0.5, 0.6) is 0 Å². The second-order valence-corrected chi connectivity index (χ2v) is 9.50. The van der Waals surface area contributed by atoms with E-state index in [1.165, 1.54) is 36.8 Å². The van der Waals surface area contributed by atoms with Crippen molar-refractivity contribution in [2.24, 2.45) is 5.92 Å². The van der Waals surface area contributed by atoms with E-state index in [9.17, 15) is 4.79 Å². The van der Waals surface area contributed by atoms with Crippen LogP contribution in [0.1, 0.15) is 54.2 Å². The lowest BCUT2D eigenvalue weighted by Crippen LogP contribution is -2.46. The number of nitrogens with one attached hydrogen (secondary N) is 1. The minimum absolute atomic E-state index is 0.133. The van der Waals surface area contributed by atoms with Crippen molar-refractivity contribution in [3.8, 4) is 0 Å². The molecule has 2 aliphatic heterocycles. The molecule has 1 N–H and O–H groups in total. The minimum atomic E-state index is 0.133. The summed E-state index contributed by atoms with van der Waals surface area (Å²) in [5, 5.41) is 1.10. The lowest BCUT2D eigenvalue weighted by Gasteiger charge is -2.40. The number of carbonyl (C=O) groups excluding carboxylic acids is 1. The van der Waals surface area contributed by atoms with Gasteiger partial charge in [0, 0.05) is 42.6 Å². The summed E-state index contributed by atoms with van der Waals surface area (Å²) in [7, 11) is 0. The summed E-state index contributed by atoms with van der Waals surface area (Å²) in [4.78, 5) is 21.3. The number of fused-ring (bicyclic) bond motifs is 3. The third-order valence-electron chi connectivity index (χ3n) is 7.34. The molecule has 2 aliphatic rings. The summed E-state index contributed by atoms with van der Waals surface area (Å²) in [5.41, 5.74) is 4.51. The van der Waals surface area contributed by atoms with Crippen LogP contribution in [0.3, 0.4) is 0 Å². The van der Waals surface area contributed by atoms with Gasteiger partial charge < -0.3 is 9.88 Å². The molecule has 2 unspecified atom stereocenters. The molecule has 0 aliphatic carbocycles. The maximum absolute atomic E-state index is 13.2. The summed E-state index contributed by atoms with van der Waals surface area (Å²) < 4.78 is 0. The summed E-state index contributed by atoms with van der Waals surface area (Å²) in [6.45, 7) is 6.97. The number of carbonyl (C=O) groups is 1. The van der Waals surface area contributed by atoms with Gasteiger partial charge in [-0.15, -0.1) is 0 Å². The Hall–Kier alpha value is -2.59. The highest BCUT2D eigenvalue weighted by molar-refractivity contribution is 5.98. The van der Waals surface area contributed by atoms with Gasteiger partial charge in [-0.1, -0.05) is 48.0 Å². The molecule has 5 rings (SSSR count). The molecule has 31 heavy (non-hydrogen) atoms. The fourth-order valence-corrected chi connectivity index (χ4v) is 5.84. The lowest BCUT2D eigenvalue weighted by atomic mass is 9.89. The highest BCUT2D eigenvalue weighted by Gasteiger charge is 2.41. The average Bonchev–Trinajstić information content (AvgIpc) is 3.29. The maximum Gasteiger partial charge on any atom is 0.270 e. The van der Waals surface area contributed by atoms with Crippen molar-refractivity contribution in [3.63, 3.8) is 0 Å². The van der Waals surface area contributed by atoms with E-state index in [0.29, 0.717) is 23.7 Å². The second-order valence-electron chi connectivity index (χ2n) is 9.50. The van der Waals surface area contributed by atoms with Crippen molar-refractivity contribution in [2.45, 2.75) is 58.2 Å². The lowest BCUT2D eigenvalue weighted by molar-refractivity contribution is 0.0588. The molecule has 162 valence electrons. The standard InChI is InChI=1S/C27H33N3O/c1-3-29(27(31)26-16-22-9-4-5-10-25(22)28-26)17-21-14-23-11-12-24(15-21)30(23)18-20-8-6-7-19(2)13-20/h4-10,13,16,21,23-24,28H,3,11-12,14-15,17-18H2,1-2H3. The molecule has 4 nitrogen and oxygen atoms in total. The fourth-order valence-electron chi connectivity index (χ4n) is 5.84. The van der Waals surface area contributed by atoms with Crippen molar-refractivity contribution >= 4 is 16.8 Å². The van der Waals surface area contributed by atoms with Gasteiger partial charge in [-0.25, -0.2) is 0 Å². The zero-order valence-electron chi connectivity index (χ0n) is 18.7. The highest BCUT2D eigenvalue weighted by Crippen LogP contribution is 2.40. The van der Waals surface area contributed by atoms with Crippen LogP contribution >= 0.6 is 0 Å². The van der Waals surface area contributed by atoms with E-state index in [4.69, 9.17) is 0 Å². The second kappa shape index (κ2) is 8.51. The van der Waals surface area contributed by atoms with Crippen molar-refractivity contribution in [3.05, 3.63) is 71.4 Å². The molecule has 1 aromatic heterocycles. The summed E-state index contributed by atoms with van der Waals surface area (Å²) in [5.74, 6) is 0.729. The molecular formula is C27H33N3O. The Morgan fingerprint density at radius 3 is 2.55 bits per heavy atom. The van der Waals surface area contributed by atoms with Gasteiger partial charge >= 0.3 is 0 Å². The molecule has 2 fully saturated rings. The first-order valence-corrected chi connectivity index (χ1v) is 11.8. The predicted molar refractivity (Wildman–Crippen MR) is 126 cm³/mol. The van der Waals surface area contributed by atoms with Crippen LogP contribution in [0.4, 0.5) is 0 Å². The quantitative estimate of drug-likeness (QED) is 0.587. The van der Waals surface area contributed by atoms with Crippen LogP contribution in [-0.2, 0) is 6.54 Å². The number of amides is 1. The zero-order chi connectivity index (χ0) is 21.4. The molecule has 0 radical (unpaired) electrons. The summed E-state index contributed by atoms with van der Waals surface area (Å²) >= 11 is 0. The molecule has 1 amide bonds. The smallest absolute Gasteiger partial charge is 0.270 e.